The molecule has 0 saturated carbocycles. The zero-order valence-corrected chi connectivity index (χ0v) is 13.7. The largest absolute Gasteiger partial charge is 0.417 e. The summed E-state index contributed by atoms with van der Waals surface area (Å²) in [5, 5.41) is 2.06. The van der Waals surface area contributed by atoms with Gasteiger partial charge in [-0.3, -0.25) is 9.69 Å². The summed E-state index contributed by atoms with van der Waals surface area (Å²) >= 11 is 5.55. The van der Waals surface area contributed by atoms with E-state index < -0.39 is 22.7 Å². The van der Waals surface area contributed by atoms with E-state index in [-0.39, 0.29) is 12.2 Å². The van der Waals surface area contributed by atoms with Gasteiger partial charge in [-0.2, -0.15) is 13.2 Å². The first-order chi connectivity index (χ1) is 11.3. The maximum Gasteiger partial charge on any atom is 0.417 e. The molecule has 128 valence electrons. The molecule has 2 aromatic rings. The first kappa shape index (κ1) is 18.3. The van der Waals surface area contributed by atoms with Crippen LogP contribution in [0.4, 0.5) is 18.9 Å². The first-order valence-electron chi connectivity index (χ1n) is 7.15. The van der Waals surface area contributed by atoms with Crippen LogP contribution in [0, 0.1) is 0 Å². The average molecular weight is 357 g/mol. The standard InChI is InChI=1S/C17H16ClF3N2O/c1-23(10-12-5-3-2-4-6-12)11-16(24)22-13-7-8-15(18)14(9-13)17(19,20)21/h2-9H,10-11H2,1H3,(H,22,24). The van der Waals surface area contributed by atoms with Gasteiger partial charge >= 0.3 is 6.18 Å². The molecule has 2 rings (SSSR count). The number of rotatable bonds is 5. The van der Waals surface area contributed by atoms with Crippen LogP contribution in [-0.2, 0) is 17.5 Å². The lowest BCUT2D eigenvalue weighted by atomic mass is 10.2. The minimum atomic E-state index is -4.57. The molecular formula is C17H16ClF3N2O. The summed E-state index contributed by atoms with van der Waals surface area (Å²) < 4.78 is 38.4. The van der Waals surface area contributed by atoms with E-state index in [4.69, 9.17) is 11.6 Å². The molecule has 0 unspecified atom stereocenters. The van der Waals surface area contributed by atoms with Gasteiger partial charge in [0.1, 0.15) is 0 Å². The van der Waals surface area contributed by atoms with E-state index in [0.717, 1.165) is 17.7 Å². The van der Waals surface area contributed by atoms with Crippen LogP contribution in [0.25, 0.3) is 0 Å². The molecule has 0 atom stereocenters. The van der Waals surface area contributed by atoms with E-state index in [1.54, 1.807) is 11.9 Å². The lowest BCUT2D eigenvalue weighted by molar-refractivity contribution is -0.137. The fourth-order valence-corrected chi connectivity index (χ4v) is 2.44. The van der Waals surface area contributed by atoms with Crippen molar-refractivity contribution in [2.24, 2.45) is 0 Å². The Labute approximate surface area is 143 Å². The van der Waals surface area contributed by atoms with Crippen molar-refractivity contribution in [2.45, 2.75) is 12.7 Å². The molecule has 1 amide bonds. The monoisotopic (exact) mass is 356 g/mol. The van der Waals surface area contributed by atoms with Gasteiger partial charge in [-0.05, 0) is 30.8 Å². The second-order valence-electron chi connectivity index (χ2n) is 5.40. The third-order valence-corrected chi connectivity index (χ3v) is 3.59. The third kappa shape index (κ3) is 5.25. The number of carbonyl (C=O) groups excluding carboxylic acids is 1. The average Bonchev–Trinajstić information content (AvgIpc) is 2.48. The topological polar surface area (TPSA) is 32.3 Å². The molecule has 7 heteroatoms. The fourth-order valence-electron chi connectivity index (χ4n) is 2.22. The van der Waals surface area contributed by atoms with Crippen molar-refractivity contribution in [3.63, 3.8) is 0 Å². The summed E-state index contributed by atoms with van der Waals surface area (Å²) in [7, 11) is 1.76. The van der Waals surface area contributed by atoms with Crippen LogP contribution in [0.2, 0.25) is 5.02 Å². The number of amides is 1. The summed E-state index contributed by atoms with van der Waals surface area (Å²) in [6.45, 7) is 0.613. The van der Waals surface area contributed by atoms with E-state index >= 15 is 0 Å². The number of alkyl halides is 3. The van der Waals surface area contributed by atoms with Crippen LogP contribution in [0.15, 0.2) is 48.5 Å². The Kier molecular flexibility index (Phi) is 5.85. The van der Waals surface area contributed by atoms with Crippen molar-refractivity contribution in [3.05, 3.63) is 64.7 Å². The van der Waals surface area contributed by atoms with E-state index in [0.29, 0.717) is 6.54 Å². The van der Waals surface area contributed by atoms with Crippen molar-refractivity contribution in [1.29, 1.82) is 0 Å². The molecule has 0 fully saturated rings. The number of anilines is 1. The molecule has 0 spiro atoms. The van der Waals surface area contributed by atoms with E-state index in [9.17, 15) is 18.0 Å². The summed E-state index contributed by atoms with van der Waals surface area (Å²) in [6, 6.07) is 12.9. The number of benzene rings is 2. The highest BCUT2D eigenvalue weighted by Crippen LogP contribution is 2.36. The van der Waals surface area contributed by atoms with Crippen molar-refractivity contribution < 1.29 is 18.0 Å². The Morgan fingerprint density at radius 3 is 2.46 bits per heavy atom. The molecule has 0 saturated heterocycles. The van der Waals surface area contributed by atoms with Crippen LogP contribution in [-0.4, -0.2) is 24.4 Å². The Morgan fingerprint density at radius 2 is 1.83 bits per heavy atom. The van der Waals surface area contributed by atoms with Crippen LogP contribution in [0.1, 0.15) is 11.1 Å². The van der Waals surface area contributed by atoms with E-state index in [1.165, 1.54) is 6.07 Å². The van der Waals surface area contributed by atoms with Gasteiger partial charge in [0.15, 0.2) is 0 Å². The van der Waals surface area contributed by atoms with Gasteiger partial charge in [0.05, 0.1) is 17.1 Å². The van der Waals surface area contributed by atoms with Gasteiger partial charge < -0.3 is 5.32 Å². The maximum absolute atomic E-state index is 12.8. The minimum Gasteiger partial charge on any atom is -0.325 e. The van der Waals surface area contributed by atoms with Crippen LogP contribution in [0.5, 0.6) is 0 Å². The lowest BCUT2D eigenvalue weighted by Gasteiger charge is -2.17. The predicted molar refractivity (Wildman–Crippen MR) is 87.9 cm³/mol. The van der Waals surface area contributed by atoms with Crippen LogP contribution in [0.3, 0.4) is 0 Å². The van der Waals surface area contributed by atoms with Crippen molar-refractivity contribution in [1.82, 2.24) is 4.90 Å². The Bertz CT molecular complexity index is 705. The van der Waals surface area contributed by atoms with Crippen molar-refractivity contribution >= 4 is 23.2 Å². The van der Waals surface area contributed by atoms with Gasteiger partial charge in [-0.15, -0.1) is 0 Å². The second-order valence-corrected chi connectivity index (χ2v) is 5.81. The Hall–Kier alpha value is -2.05. The minimum absolute atomic E-state index is 0.0544. The quantitative estimate of drug-likeness (QED) is 0.859. The van der Waals surface area contributed by atoms with Gasteiger partial charge in [0.25, 0.3) is 0 Å². The van der Waals surface area contributed by atoms with Crippen LogP contribution >= 0.6 is 11.6 Å². The highest BCUT2D eigenvalue weighted by Gasteiger charge is 2.33. The number of likely N-dealkylation sites (N-methyl/N-ethyl adjacent to an activating group) is 1. The Morgan fingerprint density at radius 1 is 1.17 bits per heavy atom. The van der Waals surface area contributed by atoms with Crippen LogP contribution < -0.4 is 5.32 Å². The van der Waals surface area contributed by atoms with Crippen molar-refractivity contribution in [2.75, 3.05) is 18.9 Å². The van der Waals surface area contributed by atoms with Crippen molar-refractivity contribution in [3.8, 4) is 0 Å². The molecule has 2 aromatic carbocycles. The predicted octanol–water partition coefficient (Wildman–Crippen LogP) is 4.43. The number of nitrogens with one attached hydrogen (secondary N) is 1. The fraction of sp³-hybridized carbons (Fsp3) is 0.235. The van der Waals surface area contributed by atoms with Gasteiger partial charge in [0, 0.05) is 12.2 Å². The SMILES string of the molecule is CN(CC(=O)Nc1ccc(Cl)c(C(F)(F)F)c1)Cc1ccccc1. The molecule has 3 nitrogen and oxygen atoms in total. The summed E-state index contributed by atoms with van der Waals surface area (Å²) in [6.07, 6.45) is -4.57. The molecule has 0 bridgehead atoms. The summed E-state index contributed by atoms with van der Waals surface area (Å²) in [4.78, 5) is 13.8. The maximum atomic E-state index is 12.8. The zero-order valence-electron chi connectivity index (χ0n) is 12.9. The Balaban J connectivity index is 1.97. The van der Waals surface area contributed by atoms with Gasteiger partial charge in [-0.1, -0.05) is 41.9 Å². The number of hydrogen-bond donors (Lipinski definition) is 1. The molecule has 0 aliphatic carbocycles. The highest BCUT2D eigenvalue weighted by molar-refractivity contribution is 6.31. The molecule has 0 heterocycles. The van der Waals surface area contributed by atoms with Gasteiger partial charge in [-0.25, -0.2) is 0 Å². The molecular weight excluding hydrogens is 341 g/mol. The summed E-state index contributed by atoms with van der Waals surface area (Å²) in [5.74, 6) is -0.399. The van der Waals surface area contributed by atoms with E-state index in [1.807, 2.05) is 30.3 Å². The third-order valence-electron chi connectivity index (χ3n) is 3.26. The second kappa shape index (κ2) is 7.68. The number of nitrogens with zero attached hydrogens (tertiary/aromatic N) is 1. The molecule has 24 heavy (non-hydrogen) atoms. The molecule has 0 radical (unpaired) electrons. The number of carbonyl (C=O) groups is 1. The molecule has 0 aliphatic heterocycles. The van der Waals surface area contributed by atoms with E-state index in [2.05, 4.69) is 5.32 Å². The first-order valence-corrected chi connectivity index (χ1v) is 7.52. The molecule has 0 aromatic heterocycles. The molecule has 1 N–H and O–H groups in total. The molecule has 0 aliphatic rings. The lowest BCUT2D eigenvalue weighted by Crippen LogP contribution is -2.29. The summed E-state index contributed by atoms with van der Waals surface area (Å²) in [5.41, 5.74) is 0.128. The number of hydrogen-bond acceptors (Lipinski definition) is 2. The van der Waals surface area contributed by atoms with Gasteiger partial charge in [0.2, 0.25) is 5.91 Å². The number of halogens is 4. The zero-order chi connectivity index (χ0) is 17.7. The smallest absolute Gasteiger partial charge is 0.325 e. The highest BCUT2D eigenvalue weighted by atomic mass is 35.5. The normalized spacial score (nSPS) is 11.6.